The normalized spacial score (nSPS) is 12.7. The molecule has 0 radical (unpaired) electrons. The average Bonchev–Trinajstić information content (AvgIpc) is 2.36. The third-order valence-electron chi connectivity index (χ3n) is 3.07. The fourth-order valence-electron chi connectivity index (χ4n) is 1.44. The summed E-state index contributed by atoms with van der Waals surface area (Å²) in [4.78, 5) is 22.4. The van der Waals surface area contributed by atoms with Crippen molar-refractivity contribution in [3.63, 3.8) is 0 Å². The van der Waals surface area contributed by atoms with Crippen LogP contribution in [0.3, 0.4) is 0 Å². The molecule has 1 aromatic carbocycles. The van der Waals surface area contributed by atoms with E-state index in [4.69, 9.17) is 16.3 Å². The monoisotopic (exact) mass is 300 g/mol. The van der Waals surface area contributed by atoms with E-state index in [9.17, 15) is 14.9 Å². The Kier molecular flexibility index (Phi) is 4.94. The zero-order valence-corrected chi connectivity index (χ0v) is 12.5. The Hall–Kier alpha value is -1.82. The second kappa shape index (κ2) is 6.09. The van der Waals surface area contributed by atoms with Gasteiger partial charge in [0.15, 0.2) is 0 Å². The third-order valence-corrected chi connectivity index (χ3v) is 3.62. The molecule has 110 valence electrons. The standard InChI is InChI=1S/C13H17ClN2O4/c1-8(14)13(2,3)15-12(17)10-6-5-9(16(18)19)7-11(10)20-4/h5-8H,1-4H3,(H,15,17). The summed E-state index contributed by atoms with van der Waals surface area (Å²) in [5.41, 5.74) is -0.530. The fraction of sp³-hybridized carbons (Fsp3) is 0.462. The molecule has 7 heteroatoms. The number of hydrogen-bond acceptors (Lipinski definition) is 4. The second-order valence-electron chi connectivity index (χ2n) is 4.93. The van der Waals surface area contributed by atoms with E-state index in [-0.39, 0.29) is 22.4 Å². The van der Waals surface area contributed by atoms with E-state index >= 15 is 0 Å². The van der Waals surface area contributed by atoms with Gasteiger partial charge in [0.05, 0.1) is 34.6 Å². The number of nitrogens with zero attached hydrogens (tertiary/aromatic N) is 1. The van der Waals surface area contributed by atoms with Crippen LogP contribution >= 0.6 is 11.6 Å². The van der Waals surface area contributed by atoms with Crippen molar-refractivity contribution in [2.24, 2.45) is 0 Å². The lowest BCUT2D eigenvalue weighted by Crippen LogP contribution is -2.49. The molecule has 0 spiro atoms. The van der Waals surface area contributed by atoms with Gasteiger partial charge in [0.2, 0.25) is 0 Å². The van der Waals surface area contributed by atoms with Gasteiger partial charge in [0.25, 0.3) is 11.6 Å². The van der Waals surface area contributed by atoms with Gasteiger partial charge in [0, 0.05) is 6.07 Å². The molecule has 1 amide bonds. The Labute approximate surface area is 122 Å². The Morgan fingerprint density at radius 3 is 2.55 bits per heavy atom. The van der Waals surface area contributed by atoms with Crippen LogP contribution in [0.15, 0.2) is 18.2 Å². The van der Waals surface area contributed by atoms with Gasteiger partial charge < -0.3 is 10.1 Å². The molecular weight excluding hydrogens is 284 g/mol. The number of nitro groups is 1. The van der Waals surface area contributed by atoms with Gasteiger partial charge in [-0.1, -0.05) is 0 Å². The summed E-state index contributed by atoms with van der Waals surface area (Å²) >= 11 is 6.01. The molecule has 0 aliphatic heterocycles. The molecule has 1 aromatic rings. The van der Waals surface area contributed by atoms with Crippen molar-refractivity contribution in [1.29, 1.82) is 0 Å². The highest BCUT2D eigenvalue weighted by atomic mass is 35.5. The van der Waals surface area contributed by atoms with Crippen molar-refractivity contribution in [3.8, 4) is 5.75 Å². The Morgan fingerprint density at radius 2 is 2.10 bits per heavy atom. The molecule has 0 saturated carbocycles. The highest BCUT2D eigenvalue weighted by molar-refractivity contribution is 6.21. The smallest absolute Gasteiger partial charge is 0.273 e. The van der Waals surface area contributed by atoms with Crippen molar-refractivity contribution < 1.29 is 14.5 Å². The molecule has 1 atom stereocenters. The molecule has 1 unspecified atom stereocenters. The lowest BCUT2D eigenvalue weighted by Gasteiger charge is -2.29. The van der Waals surface area contributed by atoms with Crippen LogP contribution in [0.2, 0.25) is 0 Å². The van der Waals surface area contributed by atoms with Crippen molar-refractivity contribution in [1.82, 2.24) is 5.32 Å². The van der Waals surface area contributed by atoms with E-state index in [1.807, 2.05) is 0 Å². The summed E-state index contributed by atoms with van der Waals surface area (Å²) in [6.07, 6.45) is 0. The number of benzene rings is 1. The highest BCUT2D eigenvalue weighted by Crippen LogP contribution is 2.25. The van der Waals surface area contributed by atoms with Crippen LogP contribution in [0.25, 0.3) is 0 Å². The van der Waals surface area contributed by atoms with Crippen LogP contribution in [-0.4, -0.2) is 28.9 Å². The maximum Gasteiger partial charge on any atom is 0.273 e. The number of carbonyl (C=O) groups excluding carboxylic acids is 1. The number of amides is 1. The molecule has 0 heterocycles. The van der Waals surface area contributed by atoms with E-state index in [1.165, 1.54) is 25.3 Å². The van der Waals surface area contributed by atoms with Crippen molar-refractivity contribution >= 4 is 23.2 Å². The van der Waals surface area contributed by atoms with Crippen LogP contribution in [-0.2, 0) is 0 Å². The summed E-state index contributed by atoms with van der Waals surface area (Å²) in [6, 6.07) is 3.84. The predicted octanol–water partition coefficient (Wildman–Crippen LogP) is 2.74. The minimum absolute atomic E-state index is 0.136. The molecule has 20 heavy (non-hydrogen) atoms. The maximum atomic E-state index is 12.2. The number of halogens is 1. The van der Waals surface area contributed by atoms with Gasteiger partial charge in [-0.05, 0) is 26.8 Å². The highest BCUT2D eigenvalue weighted by Gasteiger charge is 2.28. The van der Waals surface area contributed by atoms with Crippen LogP contribution in [0.5, 0.6) is 5.75 Å². The molecule has 1 N–H and O–H groups in total. The van der Waals surface area contributed by atoms with Gasteiger partial charge in [-0.2, -0.15) is 0 Å². The molecule has 0 fully saturated rings. The van der Waals surface area contributed by atoms with Crippen LogP contribution in [0, 0.1) is 10.1 Å². The van der Waals surface area contributed by atoms with Crippen molar-refractivity contribution in [2.75, 3.05) is 7.11 Å². The number of alkyl halides is 1. The Morgan fingerprint density at radius 1 is 1.50 bits per heavy atom. The first kappa shape index (κ1) is 16.2. The lowest BCUT2D eigenvalue weighted by molar-refractivity contribution is -0.384. The molecule has 0 aromatic heterocycles. The molecule has 6 nitrogen and oxygen atoms in total. The maximum absolute atomic E-state index is 12.2. The fourth-order valence-corrected chi connectivity index (χ4v) is 1.49. The zero-order valence-electron chi connectivity index (χ0n) is 11.8. The van der Waals surface area contributed by atoms with Crippen molar-refractivity contribution in [3.05, 3.63) is 33.9 Å². The summed E-state index contributed by atoms with van der Waals surface area (Å²) < 4.78 is 5.03. The van der Waals surface area contributed by atoms with Crippen LogP contribution in [0.4, 0.5) is 5.69 Å². The number of non-ortho nitro benzene ring substituents is 1. The largest absolute Gasteiger partial charge is 0.496 e. The van der Waals surface area contributed by atoms with E-state index in [1.54, 1.807) is 20.8 Å². The number of methoxy groups -OCH3 is 1. The van der Waals surface area contributed by atoms with Crippen LogP contribution in [0.1, 0.15) is 31.1 Å². The second-order valence-corrected chi connectivity index (χ2v) is 5.59. The zero-order chi connectivity index (χ0) is 15.5. The summed E-state index contributed by atoms with van der Waals surface area (Å²) in [5, 5.41) is 13.2. The molecule has 0 bridgehead atoms. The van der Waals surface area contributed by atoms with Gasteiger partial charge in [0.1, 0.15) is 5.75 Å². The Bertz CT molecular complexity index is 529. The van der Waals surface area contributed by atoms with E-state index in [0.29, 0.717) is 0 Å². The quantitative estimate of drug-likeness (QED) is 0.515. The summed E-state index contributed by atoms with van der Waals surface area (Å²) in [6.45, 7) is 5.36. The number of carbonyl (C=O) groups is 1. The van der Waals surface area contributed by atoms with Gasteiger partial charge in [-0.25, -0.2) is 0 Å². The Balaban J connectivity index is 3.08. The summed E-state index contributed by atoms with van der Waals surface area (Å²) in [7, 11) is 1.35. The molecule has 1 rings (SSSR count). The molecule has 0 aliphatic rings. The molecular formula is C13H17ClN2O4. The van der Waals surface area contributed by atoms with E-state index in [0.717, 1.165) is 0 Å². The first-order valence-corrected chi connectivity index (χ1v) is 6.41. The van der Waals surface area contributed by atoms with Gasteiger partial charge >= 0.3 is 0 Å². The van der Waals surface area contributed by atoms with E-state index < -0.39 is 16.4 Å². The van der Waals surface area contributed by atoms with Gasteiger partial charge in [-0.3, -0.25) is 14.9 Å². The molecule has 0 aliphatic carbocycles. The average molecular weight is 301 g/mol. The first-order valence-electron chi connectivity index (χ1n) is 5.98. The van der Waals surface area contributed by atoms with Crippen molar-refractivity contribution in [2.45, 2.75) is 31.7 Å². The minimum atomic E-state index is -0.620. The topological polar surface area (TPSA) is 81.5 Å². The number of nitro benzene ring substituents is 1. The van der Waals surface area contributed by atoms with Crippen LogP contribution < -0.4 is 10.1 Å². The van der Waals surface area contributed by atoms with E-state index in [2.05, 4.69) is 5.32 Å². The first-order chi connectivity index (χ1) is 9.19. The lowest BCUT2D eigenvalue weighted by atomic mass is 10.0. The minimum Gasteiger partial charge on any atom is -0.496 e. The number of rotatable bonds is 5. The SMILES string of the molecule is COc1cc([N+](=O)[O-])ccc1C(=O)NC(C)(C)C(C)Cl. The third kappa shape index (κ3) is 3.60. The van der Waals surface area contributed by atoms with Gasteiger partial charge in [-0.15, -0.1) is 11.6 Å². The predicted molar refractivity (Wildman–Crippen MR) is 76.5 cm³/mol. The number of nitrogens with one attached hydrogen (secondary N) is 1. The summed E-state index contributed by atoms with van der Waals surface area (Å²) in [5.74, 6) is -0.246. The number of ether oxygens (including phenoxy) is 1. The number of hydrogen-bond donors (Lipinski definition) is 1. The molecule has 0 saturated heterocycles.